The molecule has 0 saturated carbocycles. The van der Waals surface area contributed by atoms with Crippen LogP contribution >= 0.6 is 0 Å². The Morgan fingerprint density at radius 2 is 1.83 bits per heavy atom. The predicted octanol–water partition coefficient (Wildman–Crippen LogP) is 3.43. The molecule has 0 fully saturated rings. The highest BCUT2D eigenvalue weighted by atomic mass is 16.2. The first-order valence-corrected chi connectivity index (χ1v) is 6.53. The number of likely N-dealkylation sites (N-methyl/N-ethyl adjacent to an activating group) is 1. The van der Waals surface area contributed by atoms with E-state index in [1.54, 1.807) is 0 Å². The van der Waals surface area contributed by atoms with Gasteiger partial charge in [0.05, 0.1) is 6.42 Å². The number of hydrogen-bond acceptors (Lipinski definition) is 1. The van der Waals surface area contributed by atoms with E-state index in [4.69, 9.17) is 0 Å². The lowest BCUT2D eigenvalue weighted by Gasteiger charge is -2.35. The fourth-order valence-corrected chi connectivity index (χ4v) is 1.89. The van der Waals surface area contributed by atoms with Gasteiger partial charge in [-0.25, -0.2) is 0 Å². The Bertz CT molecular complexity index is 417. The molecular weight excluding hydrogens is 222 g/mol. The quantitative estimate of drug-likeness (QED) is 0.801. The van der Waals surface area contributed by atoms with Gasteiger partial charge in [0.1, 0.15) is 0 Å². The van der Waals surface area contributed by atoms with Gasteiger partial charge in [-0.1, -0.05) is 45.0 Å². The van der Waals surface area contributed by atoms with Crippen molar-refractivity contribution in [3.8, 4) is 0 Å². The fraction of sp³-hybridized carbons (Fsp3) is 0.562. The topological polar surface area (TPSA) is 20.3 Å². The maximum atomic E-state index is 12.3. The first kappa shape index (κ1) is 14.7. The lowest BCUT2D eigenvalue weighted by molar-refractivity contribution is -0.132. The second-order valence-corrected chi connectivity index (χ2v) is 6.15. The van der Waals surface area contributed by atoms with Gasteiger partial charge in [0.2, 0.25) is 5.91 Å². The number of aryl methyl sites for hydroxylation is 1. The second kappa shape index (κ2) is 5.55. The van der Waals surface area contributed by atoms with Gasteiger partial charge in [0, 0.05) is 13.1 Å². The van der Waals surface area contributed by atoms with Gasteiger partial charge < -0.3 is 4.90 Å². The van der Waals surface area contributed by atoms with Crippen LogP contribution in [0.4, 0.5) is 0 Å². The van der Waals surface area contributed by atoms with E-state index in [9.17, 15) is 4.79 Å². The molecule has 2 nitrogen and oxygen atoms in total. The van der Waals surface area contributed by atoms with Gasteiger partial charge >= 0.3 is 0 Å². The van der Waals surface area contributed by atoms with Crippen molar-refractivity contribution in [2.75, 3.05) is 7.05 Å². The lowest BCUT2D eigenvalue weighted by atomic mass is 9.87. The average Bonchev–Trinajstić information content (AvgIpc) is 2.29. The van der Waals surface area contributed by atoms with Crippen LogP contribution in [0.25, 0.3) is 0 Å². The normalized spacial score (nSPS) is 13.2. The molecular formula is C16H25NO. The predicted molar refractivity (Wildman–Crippen MR) is 76.6 cm³/mol. The Labute approximate surface area is 111 Å². The first-order valence-electron chi connectivity index (χ1n) is 6.53. The van der Waals surface area contributed by atoms with Crippen LogP contribution in [0.3, 0.4) is 0 Å². The second-order valence-electron chi connectivity index (χ2n) is 6.15. The van der Waals surface area contributed by atoms with Crippen LogP contribution in [0.5, 0.6) is 0 Å². The van der Waals surface area contributed by atoms with Crippen LogP contribution in [0.1, 0.15) is 38.8 Å². The van der Waals surface area contributed by atoms with Crippen molar-refractivity contribution in [2.24, 2.45) is 5.41 Å². The van der Waals surface area contributed by atoms with E-state index in [2.05, 4.69) is 40.7 Å². The molecule has 0 aromatic heterocycles. The molecule has 0 aliphatic rings. The number of benzene rings is 1. The molecule has 0 saturated heterocycles. The third-order valence-corrected chi connectivity index (χ3v) is 3.83. The molecule has 1 aromatic rings. The average molecular weight is 247 g/mol. The van der Waals surface area contributed by atoms with Gasteiger partial charge in [-0.05, 0) is 30.4 Å². The van der Waals surface area contributed by atoms with Crippen LogP contribution < -0.4 is 0 Å². The minimum Gasteiger partial charge on any atom is -0.342 e. The summed E-state index contributed by atoms with van der Waals surface area (Å²) >= 11 is 0. The molecule has 2 heteroatoms. The molecule has 0 unspecified atom stereocenters. The zero-order chi connectivity index (χ0) is 13.9. The Morgan fingerprint density at radius 3 is 2.33 bits per heavy atom. The Morgan fingerprint density at radius 1 is 1.28 bits per heavy atom. The van der Waals surface area contributed by atoms with Gasteiger partial charge in [-0.15, -0.1) is 0 Å². The number of carbonyl (C=O) groups is 1. The van der Waals surface area contributed by atoms with Crippen molar-refractivity contribution < 1.29 is 4.79 Å². The van der Waals surface area contributed by atoms with Crippen molar-refractivity contribution in [1.82, 2.24) is 4.90 Å². The zero-order valence-electron chi connectivity index (χ0n) is 12.4. The summed E-state index contributed by atoms with van der Waals surface area (Å²) in [5.41, 5.74) is 2.41. The van der Waals surface area contributed by atoms with E-state index in [1.165, 1.54) is 5.56 Å². The standard InChI is InChI=1S/C16H25NO/c1-12-9-7-8-10-14(12)11-15(18)17(6)13(2)16(3,4)5/h7-10,13H,11H2,1-6H3/t13-/m0/s1. The largest absolute Gasteiger partial charge is 0.342 e. The van der Waals surface area contributed by atoms with E-state index in [-0.39, 0.29) is 17.4 Å². The van der Waals surface area contributed by atoms with Crippen molar-refractivity contribution in [2.45, 2.75) is 47.1 Å². The van der Waals surface area contributed by atoms with Gasteiger partial charge in [-0.3, -0.25) is 4.79 Å². The molecule has 1 atom stereocenters. The van der Waals surface area contributed by atoms with Crippen LogP contribution in [0, 0.1) is 12.3 Å². The summed E-state index contributed by atoms with van der Waals surface area (Å²) in [6.07, 6.45) is 0.490. The number of hydrogen-bond donors (Lipinski definition) is 0. The first-order chi connectivity index (χ1) is 8.23. The lowest BCUT2D eigenvalue weighted by Crippen LogP contribution is -2.43. The monoisotopic (exact) mass is 247 g/mol. The summed E-state index contributed by atoms with van der Waals surface area (Å²) in [6, 6.07) is 8.31. The van der Waals surface area contributed by atoms with Crippen molar-refractivity contribution in [1.29, 1.82) is 0 Å². The molecule has 18 heavy (non-hydrogen) atoms. The maximum Gasteiger partial charge on any atom is 0.227 e. The molecule has 0 aliphatic heterocycles. The Balaban J connectivity index is 2.75. The summed E-state index contributed by atoms with van der Waals surface area (Å²) in [5, 5.41) is 0. The minimum absolute atomic E-state index is 0.107. The van der Waals surface area contributed by atoms with E-state index >= 15 is 0 Å². The SMILES string of the molecule is Cc1ccccc1CC(=O)N(C)[C@@H](C)C(C)(C)C. The number of amides is 1. The van der Waals surface area contributed by atoms with Crippen LogP contribution in [-0.2, 0) is 11.2 Å². The fourth-order valence-electron chi connectivity index (χ4n) is 1.89. The summed E-state index contributed by atoms with van der Waals surface area (Å²) in [7, 11) is 1.90. The molecule has 100 valence electrons. The number of nitrogens with zero attached hydrogens (tertiary/aromatic N) is 1. The van der Waals surface area contributed by atoms with Gasteiger partial charge in [-0.2, -0.15) is 0 Å². The van der Waals surface area contributed by atoms with E-state index < -0.39 is 0 Å². The third kappa shape index (κ3) is 3.59. The van der Waals surface area contributed by atoms with E-state index in [1.807, 2.05) is 30.1 Å². The van der Waals surface area contributed by atoms with Crippen molar-refractivity contribution >= 4 is 5.91 Å². The third-order valence-electron chi connectivity index (χ3n) is 3.83. The van der Waals surface area contributed by atoms with E-state index in [0.717, 1.165) is 5.56 Å². The molecule has 1 amide bonds. The molecule has 0 radical (unpaired) electrons. The molecule has 0 N–H and O–H groups in total. The number of rotatable bonds is 3. The summed E-state index contributed by atoms with van der Waals surface area (Å²) in [6.45, 7) is 10.6. The van der Waals surface area contributed by atoms with Crippen LogP contribution in [-0.4, -0.2) is 23.9 Å². The highest BCUT2D eigenvalue weighted by Gasteiger charge is 2.26. The van der Waals surface area contributed by atoms with Gasteiger partial charge in [0.25, 0.3) is 0 Å². The minimum atomic E-state index is 0.107. The summed E-state index contributed by atoms with van der Waals surface area (Å²) in [4.78, 5) is 14.1. The van der Waals surface area contributed by atoms with E-state index in [0.29, 0.717) is 6.42 Å². The highest BCUT2D eigenvalue weighted by Crippen LogP contribution is 2.23. The highest BCUT2D eigenvalue weighted by molar-refractivity contribution is 5.79. The molecule has 0 aliphatic carbocycles. The van der Waals surface area contributed by atoms with Crippen LogP contribution in [0.2, 0.25) is 0 Å². The number of carbonyl (C=O) groups excluding carboxylic acids is 1. The van der Waals surface area contributed by atoms with Crippen LogP contribution in [0.15, 0.2) is 24.3 Å². The maximum absolute atomic E-state index is 12.3. The van der Waals surface area contributed by atoms with Crippen molar-refractivity contribution in [3.05, 3.63) is 35.4 Å². The van der Waals surface area contributed by atoms with Gasteiger partial charge in [0.15, 0.2) is 0 Å². The summed E-state index contributed by atoms with van der Waals surface area (Å²) in [5.74, 6) is 0.187. The zero-order valence-corrected chi connectivity index (χ0v) is 12.4. The Hall–Kier alpha value is -1.31. The molecule has 1 rings (SSSR count). The molecule has 0 spiro atoms. The molecule has 0 bridgehead atoms. The smallest absolute Gasteiger partial charge is 0.227 e. The molecule has 1 aromatic carbocycles. The Kier molecular flexibility index (Phi) is 4.55. The van der Waals surface area contributed by atoms with Crippen molar-refractivity contribution in [3.63, 3.8) is 0 Å². The summed E-state index contributed by atoms with van der Waals surface area (Å²) < 4.78 is 0. The molecule has 0 heterocycles.